The quantitative estimate of drug-likeness (QED) is 0.671. The Morgan fingerprint density at radius 1 is 1.58 bits per heavy atom. The summed E-state index contributed by atoms with van der Waals surface area (Å²) in [5.74, 6) is 0.817. The van der Waals surface area contributed by atoms with E-state index in [1.807, 2.05) is 19.3 Å². The molecule has 0 unspecified atom stereocenters. The summed E-state index contributed by atoms with van der Waals surface area (Å²) in [7, 11) is 1.89. The molecule has 1 aliphatic rings. The standard InChI is InChI=1S/C8H12N4/c1-12-6-5-8(11-12)10-9-7-3-2-4-7/h5-6H,2-4H2,1H3,(H,10,11). The molecule has 1 aliphatic carbocycles. The normalized spacial score (nSPS) is 15.6. The summed E-state index contributed by atoms with van der Waals surface area (Å²) in [6, 6.07) is 1.91. The maximum atomic E-state index is 4.20. The zero-order valence-electron chi connectivity index (χ0n) is 7.12. The molecular weight excluding hydrogens is 152 g/mol. The molecule has 0 atom stereocenters. The third kappa shape index (κ3) is 1.47. The van der Waals surface area contributed by atoms with Crippen LogP contribution < -0.4 is 5.43 Å². The average molecular weight is 164 g/mol. The molecule has 0 aliphatic heterocycles. The fourth-order valence-electron chi connectivity index (χ4n) is 1.06. The summed E-state index contributed by atoms with van der Waals surface area (Å²) in [5, 5.41) is 8.34. The predicted octanol–water partition coefficient (Wildman–Crippen LogP) is 1.37. The van der Waals surface area contributed by atoms with Gasteiger partial charge in [0.1, 0.15) is 0 Å². The molecular formula is C8H12N4. The number of nitrogens with one attached hydrogen (secondary N) is 1. The maximum Gasteiger partial charge on any atom is 0.168 e. The van der Waals surface area contributed by atoms with E-state index in [0.29, 0.717) is 0 Å². The largest absolute Gasteiger partial charge is 0.274 e. The average Bonchev–Trinajstić information content (AvgIpc) is 2.32. The number of anilines is 1. The molecule has 0 saturated heterocycles. The lowest BCUT2D eigenvalue weighted by molar-refractivity contribution is 0.766. The molecule has 2 rings (SSSR count). The molecule has 64 valence electrons. The molecule has 0 aromatic carbocycles. The number of hydrazone groups is 1. The van der Waals surface area contributed by atoms with E-state index in [0.717, 1.165) is 18.7 Å². The SMILES string of the molecule is Cn1ccc(NN=C2CCC2)n1. The molecule has 0 spiro atoms. The van der Waals surface area contributed by atoms with Crippen LogP contribution in [0.1, 0.15) is 19.3 Å². The van der Waals surface area contributed by atoms with Crippen molar-refractivity contribution in [3.63, 3.8) is 0 Å². The van der Waals surface area contributed by atoms with Crippen LogP contribution in [0.2, 0.25) is 0 Å². The van der Waals surface area contributed by atoms with Gasteiger partial charge in [0.15, 0.2) is 5.82 Å². The van der Waals surface area contributed by atoms with Crippen molar-refractivity contribution in [3.05, 3.63) is 12.3 Å². The van der Waals surface area contributed by atoms with Crippen molar-refractivity contribution in [1.82, 2.24) is 9.78 Å². The van der Waals surface area contributed by atoms with Gasteiger partial charge in [-0.3, -0.25) is 10.1 Å². The van der Waals surface area contributed by atoms with Gasteiger partial charge in [0.2, 0.25) is 0 Å². The second-order valence-electron chi connectivity index (χ2n) is 3.02. The van der Waals surface area contributed by atoms with Crippen LogP contribution in [0.5, 0.6) is 0 Å². The zero-order valence-corrected chi connectivity index (χ0v) is 7.12. The minimum Gasteiger partial charge on any atom is -0.274 e. The summed E-state index contributed by atoms with van der Waals surface area (Å²) >= 11 is 0. The van der Waals surface area contributed by atoms with Gasteiger partial charge in [-0.1, -0.05) is 0 Å². The van der Waals surface area contributed by atoms with Crippen LogP contribution >= 0.6 is 0 Å². The summed E-state index contributed by atoms with van der Waals surface area (Å²) < 4.78 is 1.75. The molecule has 0 bridgehead atoms. The van der Waals surface area contributed by atoms with E-state index in [2.05, 4.69) is 15.6 Å². The Morgan fingerprint density at radius 3 is 2.92 bits per heavy atom. The zero-order chi connectivity index (χ0) is 8.39. The van der Waals surface area contributed by atoms with Gasteiger partial charge in [-0.2, -0.15) is 10.2 Å². The number of aryl methyl sites for hydroxylation is 1. The number of aromatic nitrogens is 2. The summed E-state index contributed by atoms with van der Waals surface area (Å²) in [6.07, 6.45) is 5.45. The molecule has 12 heavy (non-hydrogen) atoms. The van der Waals surface area contributed by atoms with Crippen molar-refractivity contribution >= 4 is 11.5 Å². The summed E-state index contributed by atoms with van der Waals surface area (Å²) in [5.41, 5.74) is 4.17. The molecule has 1 aromatic rings. The highest BCUT2D eigenvalue weighted by atomic mass is 15.4. The van der Waals surface area contributed by atoms with Crippen LogP contribution in [0, 0.1) is 0 Å². The molecule has 0 radical (unpaired) electrons. The maximum absolute atomic E-state index is 4.20. The Bertz CT molecular complexity index is 294. The van der Waals surface area contributed by atoms with E-state index in [1.165, 1.54) is 12.1 Å². The lowest BCUT2D eigenvalue weighted by Crippen LogP contribution is -2.11. The van der Waals surface area contributed by atoms with Crippen molar-refractivity contribution in [1.29, 1.82) is 0 Å². The Balaban J connectivity index is 1.95. The molecule has 4 nitrogen and oxygen atoms in total. The van der Waals surface area contributed by atoms with Crippen LogP contribution in [0.25, 0.3) is 0 Å². The first-order chi connectivity index (χ1) is 5.84. The molecule has 1 fully saturated rings. The highest BCUT2D eigenvalue weighted by Crippen LogP contribution is 2.14. The molecule has 1 saturated carbocycles. The molecule has 1 heterocycles. The van der Waals surface area contributed by atoms with Crippen LogP contribution in [-0.4, -0.2) is 15.5 Å². The van der Waals surface area contributed by atoms with Crippen LogP contribution in [-0.2, 0) is 7.05 Å². The van der Waals surface area contributed by atoms with Gasteiger partial charge in [0, 0.05) is 25.0 Å². The van der Waals surface area contributed by atoms with Crippen LogP contribution in [0.3, 0.4) is 0 Å². The van der Waals surface area contributed by atoms with Crippen molar-refractivity contribution in [2.75, 3.05) is 5.43 Å². The van der Waals surface area contributed by atoms with E-state index in [9.17, 15) is 0 Å². The van der Waals surface area contributed by atoms with Crippen LogP contribution in [0.15, 0.2) is 17.4 Å². The number of hydrogen-bond donors (Lipinski definition) is 1. The molecule has 4 heteroatoms. The second kappa shape index (κ2) is 2.97. The monoisotopic (exact) mass is 164 g/mol. The Hall–Kier alpha value is -1.32. The van der Waals surface area contributed by atoms with Gasteiger partial charge in [-0.15, -0.1) is 0 Å². The summed E-state index contributed by atoms with van der Waals surface area (Å²) in [6.45, 7) is 0. The molecule has 0 amide bonds. The van der Waals surface area contributed by atoms with Gasteiger partial charge in [-0.05, 0) is 19.3 Å². The van der Waals surface area contributed by atoms with Gasteiger partial charge in [0.25, 0.3) is 0 Å². The fraction of sp³-hybridized carbons (Fsp3) is 0.500. The minimum absolute atomic E-state index is 0.817. The second-order valence-corrected chi connectivity index (χ2v) is 3.02. The van der Waals surface area contributed by atoms with Crippen LogP contribution in [0.4, 0.5) is 5.82 Å². The minimum atomic E-state index is 0.817. The van der Waals surface area contributed by atoms with Gasteiger partial charge in [-0.25, -0.2) is 0 Å². The number of hydrogen-bond acceptors (Lipinski definition) is 3. The first kappa shape index (κ1) is 7.34. The Labute approximate surface area is 71.3 Å². The van der Waals surface area contributed by atoms with E-state index < -0.39 is 0 Å². The van der Waals surface area contributed by atoms with Crippen molar-refractivity contribution in [2.45, 2.75) is 19.3 Å². The Kier molecular flexibility index (Phi) is 1.81. The smallest absolute Gasteiger partial charge is 0.168 e. The van der Waals surface area contributed by atoms with Crippen molar-refractivity contribution in [2.24, 2.45) is 12.1 Å². The highest BCUT2D eigenvalue weighted by Gasteiger charge is 2.09. The van der Waals surface area contributed by atoms with Crippen molar-refractivity contribution in [3.8, 4) is 0 Å². The van der Waals surface area contributed by atoms with E-state index in [-0.39, 0.29) is 0 Å². The lowest BCUT2D eigenvalue weighted by Gasteiger charge is -2.13. The topological polar surface area (TPSA) is 42.2 Å². The first-order valence-electron chi connectivity index (χ1n) is 4.16. The Morgan fingerprint density at radius 2 is 2.42 bits per heavy atom. The predicted molar refractivity (Wildman–Crippen MR) is 48.1 cm³/mol. The van der Waals surface area contributed by atoms with Gasteiger partial charge in [0.05, 0.1) is 0 Å². The third-order valence-electron chi connectivity index (χ3n) is 1.97. The van der Waals surface area contributed by atoms with Crippen molar-refractivity contribution < 1.29 is 0 Å². The first-order valence-corrected chi connectivity index (χ1v) is 4.16. The molecule has 1 N–H and O–H groups in total. The molecule has 1 aromatic heterocycles. The van der Waals surface area contributed by atoms with Gasteiger partial charge >= 0.3 is 0 Å². The highest BCUT2D eigenvalue weighted by molar-refractivity contribution is 5.89. The van der Waals surface area contributed by atoms with Gasteiger partial charge < -0.3 is 0 Å². The van der Waals surface area contributed by atoms with E-state index in [4.69, 9.17) is 0 Å². The van der Waals surface area contributed by atoms with E-state index >= 15 is 0 Å². The fourth-order valence-corrected chi connectivity index (χ4v) is 1.06. The lowest BCUT2D eigenvalue weighted by atomic mass is 9.98. The van der Waals surface area contributed by atoms with E-state index in [1.54, 1.807) is 4.68 Å². The number of rotatable bonds is 2. The number of nitrogens with zero attached hydrogens (tertiary/aromatic N) is 3. The summed E-state index contributed by atoms with van der Waals surface area (Å²) in [4.78, 5) is 0. The third-order valence-corrected chi connectivity index (χ3v) is 1.97.